The Morgan fingerprint density at radius 1 is 1.32 bits per heavy atom. The average Bonchev–Trinajstić information content (AvgIpc) is 3.51. The highest BCUT2D eigenvalue weighted by Crippen LogP contribution is 2.57. The zero-order chi connectivity index (χ0) is 28.6. The predicted octanol–water partition coefficient (Wildman–Crippen LogP) is 6.26. The molecule has 214 valence electrons. The molecule has 2 atom stereocenters. The van der Waals surface area contributed by atoms with Crippen LogP contribution in [0.1, 0.15) is 54.2 Å². The van der Waals surface area contributed by atoms with Gasteiger partial charge in [-0.15, -0.1) is 27.2 Å². The number of rotatable bonds is 8. The molecule has 4 aromatic rings. The third-order valence-electron chi connectivity index (χ3n) is 7.25. The maximum atomic E-state index is 12.5. The summed E-state index contributed by atoms with van der Waals surface area (Å²) in [5, 5.41) is 8.63. The van der Waals surface area contributed by atoms with Crippen LogP contribution in [0.5, 0.6) is 5.88 Å². The summed E-state index contributed by atoms with van der Waals surface area (Å²) >= 11 is 8.15. The highest BCUT2D eigenvalue weighted by molar-refractivity contribution is 8.22. The van der Waals surface area contributed by atoms with Crippen LogP contribution in [0.15, 0.2) is 41.4 Å². The van der Waals surface area contributed by atoms with Crippen molar-refractivity contribution < 1.29 is 23.4 Å². The van der Waals surface area contributed by atoms with E-state index >= 15 is 0 Å². The van der Waals surface area contributed by atoms with Crippen LogP contribution in [-0.2, 0) is 22.6 Å². The number of halogens is 1. The first-order chi connectivity index (χ1) is 19.2. The molecule has 0 radical (unpaired) electrons. The topological polar surface area (TPSA) is 123 Å². The summed E-state index contributed by atoms with van der Waals surface area (Å²) in [4.78, 5) is 17.9. The highest BCUT2D eigenvalue weighted by atomic mass is 35.5. The zero-order valence-electron chi connectivity index (χ0n) is 22.7. The molecule has 0 aliphatic carbocycles. The molecule has 0 fully saturated rings. The summed E-state index contributed by atoms with van der Waals surface area (Å²) < 4.78 is 37.7. The molecule has 5 rings (SSSR count). The van der Waals surface area contributed by atoms with Gasteiger partial charge >= 0.3 is 5.97 Å². The smallest absolute Gasteiger partial charge is 0.306 e. The Balaban J connectivity index is 1.52. The summed E-state index contributed by atoms with van der Waals surface area (Å²) in [6, 6.07) is 9.21. The maximum absolute atomic E-state index is 12.5. The van der Waals surface area contributed by atoms with Crippen molar-refractivity contribution in [1.82, 2.24) is 24.3 Å². The molecule has 0 saturated heterocycles. The summed E-state index contributed by atoms with van der Waals surface area (Å²) in [5.74, 6) is -0.444. The Labute approximate surface area is 243 Å². The molecule has 4 heterocycles. The lowest BCUT2D eigenvalue weighted by Gasteiger charge is -2.41. The standard InChI is InChI=1S/C27H32ClN5O5S2/c1-5-18-15-32(40(35,36)23-8-7-11-29-27(23)38-18)14-17-12-22(39-26(17)28)20(13-24(34)37-4)19-9-10-21-25(16(19)3)30-31-33(21)6-2/h7-12,18,20,35-36H,5-6,13-15H2,1-4H3/t18-,20?/m1/s1. The van der Waals surface area contributed by atoms with Gasteiger partial charge in [-0.1, -0.05) is 29.8 Å². The molecule has 0 amide bonds. The van der Waals surface area contributed by atoms with Gasteiger partial charge in [-0.05, 0) is 61.2 Å². The Hall–Kier alpha value is -2.74. The molecule has 0 bridgehead atoms. The molecule has 10 nitrogen and oxygen atoms in total. The minimum absolute atomic E-state index is 0.116. The van der Waals surface area contributed by atoms with Crippen LogP contribution >= 0.6 is 33.7 Å². The number of hydrogen-bond donors (Lipinski definition) is 2. The maximum Gasteiger partial charge on any atom is 0.306 e. The SMILES string of the molecule is CC[C@@H]1CN(Cc2cc(C(CC(=O)OC)c3ccc4c(nnn4CC)c3C)sc2Cl)S(O)(O)c2cccnc2O1. The van der Waals surface area contributed by atoms with Crippen LogP contribution in [0.3, 0.4) is 0 Å². The van der Waals surface area contributed by atoms with Crippen molar-refractivity contribution in [3.8, 4) is 5.88 Å². The molecule has 2 N–H and O–H groups in total. The second kappa shape index (κ2) is 11.6. The molecule has 1 aromatic carbocycles. The van der Waals surface area contributed by atoms with Gasteiger partial charge in [-0.2, -0.15) is 4.31 Å². The van der Waals surface area contributed by atoms with Crippen LogP contribution in [0.4, 0.5) is 0 Å². The predicted molar refractivity (Wildman–Crippen MR) is 156 cm³/mol. The number of aryl methyl sites for hydroxylation is 2. The minimum atomic E-state index is -3.39. The summed E-state index contributed by atoms with van der Waals surface area (Å²) in [6.45, 7) is 7.13. The summed E-state index contributed by atoms with van der Waals surface area (Å²) in [6.07, 6.45) is 2.07. The Morgan fingerprint density at radius 3 is 2.85 bits per heavy atom. The van der Waals surface area contributed by atoms with E-state index in [1.54, 1.807) is 22.6 Å². The van der Waals surface area contributed by atoms with E-state index < -0.39 is 10.8 Å². The third kappa shape index (κ3) is 5.31. The van der Waals surface area contributed by atoms with Crippen molar-refractivity contribution in [3.63, 3.8) is 0 Å². The fourth-order valence-electron chi connectivity index (χ4n) is 5.01. The summed E-state index contributed by atoms with van der Waals surface area (Å²) in [7, 11) is -2.02. The monoisotopic (exact) mass is 605 g/mol. The molecule has 0 spiro atoms. The Kier molecular flexibility index (Phi) is 8.37. The van der Waals surface area contributed by atoms with E-state index in [4.69, 9.17) is 21.1 Å². The Bertz CT molecular complexity index is 1540. The summed E-state index contributed by atoms with van der Waals surface area (Å²) in [5.41, 5.74) is 4.32. The molecule has 3 aromatic heterocycles. The number of benzene rings is 1. The van der Waals surface area contributed by atoms with Crippen LogP contribution in [0.25, 0.3) is 11.0 Å². The fraction of sp³-hybridized carbons (Fsp3) is 0.407. The van der Waals surface area contributed by atoms with Gasteiger partial charge in [0.2, 0.25) is 5.88 Å². The van der Waals surface area contributed by atoms with Crippen LogP contribution in [-0.4, -0.2) is 59.1 Å². The first-order valence-corrected chi connectivity index (χ1v) is 15.7. The molecular formula is C27H32ClN5O5S2. The largest absolute Gasteiger partial charge is 0.472 e. The van der Waals surface area contributed by atoms with E-state index in [9.17, 15) is 13.9 Å². The number of pyridine rings is 1. The number of carbonyl (C=O) groups excluding carboxylic acids is 1. The first-order valence-electron chi connectivity index (χ1n) is 13.0. The van der Waals surface area contributed by atoms with Gasteiger partial charge in [0.15, 0.2) is 0 Å². The van der Waals surface area contributed by atoms with Gasteiger partial charge in [-0.25, -0.2) is 9.67 Å². The number of hydrogen-bond acceptors (Lipinski definition) is 10. The number of ether oxygens (including phenoxy) is 2. The first kappa shape index (κ1) is 28.8. The lowest BCUT2D eigenvalue weighted by molar-refractivity contribution is -0.140. The van der Waals surface area contributed by atoms with Gasteiger partial charge in [0.25, 0.3) is 0 Å². The second-order valence-electron chi connectivity index (χ2n) is 9.63. The third-order valence-corrected chi connectivity index (χ3v) is 10.7. The second-order valence-corrected chi connectivity index (χ2v) is 13.3. The van der Waals surface area contributed by atoms with Gasteiger partial charge in [0, 0.05) is 30.1 Å². The molecule has 40 heavy (non-hydrogen) atoms. The minimum Gasteiger partial charge on any atom is -0.472 e. The molecule has 0 saturated carbocycles. The van der Waals surface area contributed by atoms with Crippen molar-refractivity contribution in [3.05, 3.63) is 62.4 Å². The van der Waals surface area contributed by atoms with E-state index in [2.05, 4.69) is 15.3 Å². The number of thiophene rings is 1. The van der Waals surface area contributed by atoms with Crippen LogP contribution < -0.4 is 4.74 Å². The van der Waals surface area contributed by atoms with E-state index in [-0.39, 0.29) is 48.3 Å². The molecule has 1 aliphatic heterocycles. The lowest BCUT2D eigenvalue weighted by atomic mass is 9.89. The lowest BCUT2D eigenvalue weighted by Crippen LogP contribution is -2.34. The van der Waals surface area contributed by atoms with E-state index in [0.717, 1.165) is 32.6 Å². The van der Waals surface area contributed by atoms with E-state index in [0.29, 0.717) is 17.3 Å². The highest BCUT2D eigenvalue weighted by Gasteiger charge is 2.36. The van der Waals surface area contributed by atoms with Crippen LogP contribution in [0, 0.1) is 6.92 Å². The molecule has 1 aliphatic rings. The number of aromatic nitrogens is 4. The normalized spacial score (nSPS) is 18.5. The average molecular weight is 606 g/mol. The fourth-order valence-corrected chi connectivity index (χ4v) is 7.97. The van der Waals surface area contributed by atoms with E-state index in [1.807, 2.05) is 43.7 Å². The number of nitrogens with zero attached hydrogens (tertiary/aromatic N) is 5. The van der Waals surface area contributed by atoms with Crippen molar-refractivity contribution in [2.24, 2.45) is 0 Å². The van der Waals surface area contributed by atoms with Crippen molar-refractivity contribution in [1.29, 1.82) is 0 Å². The van der Waals surface area contributed by atoms with E-state index in [1.165, 1.54) is 18.4 Å². The zero-order valence-corrected chi connectivity index (χ0v) is 25.1. The van der Waals surface area contributed by atoms with Crippen molar-refractivity contribution >= 4 is 50.7 Å². The quantitative estimate of drug-likeness (QED) is 0.224. The van der Waals surface area contributed by atoms with Gasteiger partial charge in [-0.3, -0.25) is 13.9 Å². The van der Waals surface area contributed by atoms with Crippen molar-refractivity contribution in [2.75, 3.05) is 13.7 Å². The molecular weight excluding hydrogens is 574 g/mol. The molecule has 1 unspecified atom stereocenters. The van der Waals surface area contributed by atoms with Gasteiger partial charge in [0.1, 0.15) is 16.5 Å². The van der Waals surface area contributed by atoms with Crippen molar-refractivity contribution in [2.45, 2.75) is 63.6 Å². The molecule has 13 heteroatoms. The number of methoxy groups -OCH3 is 1. The van der Waals surface area contributed by atoms with Gasteiger partial charge in [0.05, 0.1) is 29.9 Å². The number of carbonyl (C=O) groups is 1. The van der Waals surface area contributed by atoms with Gasteiger partial charge < -0.3 is 9.47 Å². The Morgan fingerprint density at radius 2 is 2.12 bits per heavy atom. The van der Waals surface area contributed by atoms with Crippen LogP contribution in [0.2, 0.25) is 4.34 Å². The number of fused-ring (bicyclic) bond motifs is 2. The number of esters is 1.